The van der Waals surface area contributed by atoms with Crippen molar-refractivity contribution in [3.8, 4) is 5.75 Å². The largest absolute Gasteiger partial charge is 0.508 e. The third-order valence-corrected chi connectivity index (χ3v) is 5.00. The van der Waals surface area contributed by atoms with Crippen molar-refractivity contribution in [3.63, 3.8) is 0 Å². The monoisotopic (exact) mass is 581 g/mol. The van der Waals surface area contributed by atoms with E-state index in [4.69, 9.17) is 54.2 Å². The second kappa shape index (κ2) is 22.7. The Balaban J connectivity index is 0. The summed E-state index contributed by atoms with van der Waals surface area (Å²) in [5, 5.41) is 42.2. The predicted octanol–water partition coefficient (Wildman–Crippen LogP) is -0.0669. The average molecular weight is 582 g/mol. The lowest BCUT2D eigenvalue weighted by molar-refractivity contribution is -0.139. The lowest BCUT2D eigenvalue weighted by atomic mass is 10.1. The van der Waals surface area contributed by atoms with E-state index in [2.05, 4.69) is 0 Å². The molecule has 0 aliphatic rings. The van der Waals surface area contributed by atoms with Crippen LogP contribution in [0.1, 0.15) is 37.3 Å². The van der Waals surface area contributed by atoms with Crippen LogP contribution < -0.4 is 28.7 Å². The molecule has 0 fully saturated rings. The lowest BCUT2D eigenvalue weighted by Crippen LogP contribution is -2.32. The van der Waals surface area contributed by atoms with Crippen molar-refractivity contribution in [2.75, 3.05) is 6.54 Å². The smallest absolute Gasteiger partial charge is 0.320 e. The highest BCUT2D eigenvalue weighted by Gasteiger charge is 2.12. The number of phenols is 1. The second-order valence-electron chi connectivity index (χ2n) is 8.81. The summed E-state index contributed by atoms with van der Waals surface area (Å²) in [7, 11) is 0. The first-order chi connectivity index (χ1) is 19.1. The molecule has 0 aliphatic carbocycles. The van der Waals surface area contributed by atoms with E-state index in [1.54, 1.807) is 12.1 Å². The third-order valence-electron chi connectivity index (χ3n) is 5.00. The van der Waals surface area contributed by atoms with Crippen molar-refractivity contribution in [3.05, 3.63) is 65.7 Å². The SMILES string of the molecule is C[C@H](N)C(=O)O.NCCCC[C@H](N)C(=O)O.N[C@@H](Cc1ccc(O)cc1)C(=O)O.N[C@@H](Cc1ccccc1)C(=O)O. The van der Waals surface area contributed by atoms with Gasteiger partial charge in [-0.3, -0.25) is 19.2 Å². The van der Waals surface area contributed by atoms with E-state index < -0.39 is 48.0 Å². The van der Waals surface area contributed by atoms with E-state index in [0.29, 0.717) is 19.4 Å². The predicted molar refractivity (Wildman–Crippen MR) is 153 cm³/mol. The van der Waals surface area contributed by atoms with E-state index in [-0.39, 0.29) is 12.2 Å². The van der Waals surface area contributed by atoms with Crippen molar-refractivity contribution in [1.29, 1.82) is 0 Å². The van der Waals surface area contributed by atoms with Crippen LogP contribution in [0.5, 0.6) is 5.75 Å². The molecule has 0 spiro atoms. The van der Waals surface area contributed by atoms with Crippen LogP contribution in [0.3, 0.4) is 0 Å². The molecule has 15 N–H and O–H groups in total. The van der Waals surface area contributed by atoms with Crippen LogP contribution in [0.2, 0.25) is 0 Å². The summed E-state index contributed by atoms with van der Waals surface area (Å²) in [6.45, 7) is 2.02. The molecule has 0 amide bonds. The van der Waals surface area contributed by atoms with Crippen molar-refractivity contribution in [2.45, 2.75) is 63.2 Å². The first kappa shape index (κ1) is 39.1. The topological polar surface area (TPSA) is 300 Å². The van der Waals surface area contributed by atoms with E-state index in [1.165, 1.54) is 19.1 Å². The molecule has 2 aromatic rings. The molecule has 2 rings (SSSR count). The number of phenolic OH excluding ortho intramolecular Hbond substituents is 1. The minimum Gasteiger partial charge on any atom is -0.508 e. The zero-order chi connectivity index (χ0) is 32.0. The molecule has 2 aromatic carbocycles. The van der Waals surface area contributed by atoms with Crippen molar-refractivity contribution in [2.24, 2.45) is 28.7 Å². The zero-order valence-corrected chi connectivity index (χ0v) is 23.0. The number of hydrogen-bond acceptors (Lipinski definition) is 10. The molecule has 0 unspecified atom stereocenters. The van der Waals surface area contributed by atoms with Crippen LogP contribution in [-0.2, 0) is 32.0 Å². The van der Waals surface area contributed by atoms with Crippen LogP contribution in [0, 0.1) is 0 Å². The number of aliphatic carboxylic acids is 4. The fourth-order valence-electron chi connectivity index (χ4n) is 2.56. The van der Waals surface area contributed by atoms with Gasteiger partial charge in [-0.15, -0.1) is 0 Å². The first-order valence-corrected chi connectivity index (χ1v) is 12.6. The number of hydrogen-bond donors (Lipinski definition) is 10. The Morgan fingerprint density at radius 2 is 1.02 bits per heavy atom. The minimum absolute atomic E-state index is 0.160. The minimum atomic E-state index is -1.02. The van der Waals surface area contributed by atoms with Gasteiger partial charge in [-0.2, -0.15) is 0 Å². The van der Waals surface area contributed by atoms with Gasteiger partial charge in [0.25, 0.3) is 0 Å². The molecule has 0 aliphatic heterocycles. The Hall–Kier alpha value is -4.08. The first-order valence-electron chi connectivity index (χ1n) is 12.6. The number of nitrogens with two attached hydrogens (primary N) is 5. The quantitative estimate of drug-likeness (QED) is 0.147. The standard InChI is InChI=1S/C9H11NO3.C9H11NO2.C6H14N2O2.C3H7NO2/c10-8(9(12)13)5-6-1-3-7(11)4-2-6;10-8(9(11)12)6-7-4-2-1-3-5-7;7-4-2-1-3-5(8)6(9)10;1-2(4)3(5)6/h1-4,8,11H,5,10H2,(H,12,13);1-5,8H,6,10H2,(H,11,12);5H,1-4,7-8H2,(H,9,10);2H,4H2,1H3,(H,5,6)/t2*8-;5-;2-/m0000/s1. The maximum Gasteiger partial charge on any atom is 0.320 e. The molecular weight excluding hydrogens is 538 g/mol. The number of carboxylic acid groups (broad SMARTS) is 4. The van der Waals surface area contributed by atoms with E-state index in [9.17, 15) is 19.2 Å². The van der Waals surface area contributed by atoms with E-state index in [0.717, 1.165) is 24.0 Å². The Morgan fingerprint density at radius 3 is 1.37 bits per heavy atom. The Morgan fingerprint density at radius 1 is 0.634 bits per heavy atom. The molecule has 0 heterocycles. The van der Waals surface area contributed by atoms with Crippen LogP contribution in [0.25, 0.3) is 0 Å². The molecule has 14 nitrogen and oxygen atoms in total. The molecule has 14 heteroatoms. The maximum atomic E-state index is 10.4. The van der Waals surface area contributed by atoms with Crippen LogP contribution in [0.15, 0.2) is 54.6 Å². The molecule has 4 atom stereocenters. The summed E-state index contributed by atoms with van der Waals surface area (Å²) in [5.41, 5.74) is 27.7. The molecule has 0 aromatic heterocycles. The fraction of sp³-hybridized carbons (Fsp3) is 0.407. The number of carbonyl (C=O) groups is 4. The van der Waals surface area contributed by atoms with Crippen LogP contribution in [0.4, 0.5) is 0 Å². The van der Waals surface area contributed by atoms with Gasteiger partial charge in [0, 0.05) is 0 Å². The van der Waals surface area contributed by atoms with Gasteiger partial charge < -0.3 is 54.2 Å². The molecule has 0 bridgehead atoms. The highest BCUT2D eigenvalue weighted by atomic mass is 16.4. The Kier molecular flexibility index (Phi) is 21.6. The molecule has 0 saturated carbocycles. The highest BCUT2D eigenvalue weighted by Crippen LogP contribution is 2.10. The average Bonchev–Trinajstić information content (AvgIpc) is 2.91. The second-order valence-corrected chi connectivity index (χ2v) is 8.81. The van der Waals surface area contributed by atoms with Gasteiger partial charge >= 0.3 is 23.9 Å². The summed E-state index contributed by atoms with van der Waals surface area (Å²) < 4.78 is 0. The van der Waals surface area contributed by atoms with Gasteiger partial charge in [0.1, 0.15) is 29.9 Å². The van der Waals surface area contributed by atoms with Gasteiger partial charge in [0.05, 0.1) is 0 Å². The van der Waals surface area contributed by atoms with Gasteiger partial charge in [-0.1, -0.05) is 48.9 Å². The normalized spacial score (nSPS) is 12.7. The molecule has 0 saturated heterocycles. The van der Waals surface area contributed by atoms with Crippen molar-refractivity contribution < 1.29 is 44.7 Å². The summed E-state index contributed by atoms with van der Waals surface area (Å²) >= 11 is 0. The summed E-state index contributed by atoms with van der Waals surface area (Å²) in [6, 6.07) is 12.5. The van der Waals surface area contributed by atoms with E-state index >= 15 is 0 Å². The third kappa shape index (κ3) is 22.4. The van der Waals surface area contributed by atoms with Gasteiger partial charge in [-0.05, 0) is 62.4 Å². The number of aromatic hydroxyl groups is 1. The van der Waals surface area contributed by atoms with Gasteiger partial charge in [0.2, 0.25) is 0 Å². The van der Waals surface area contributed by atoms with Crippen LogP contribution in [-0.4, -0.2) is 80.1 Å². The number of carboxylic acids is 4. The molecule has 41 heavy (non-hydrogen) atoms. The highest BCUT2D eigenvalue weighted by molar-refractivity contribution is 5.74. The Labute approximate surface area is 238 Å². The number of rotatable bonds is 12. The summed E-state index contributed by atoms with van der Waals surface area (Å²) in [5.74, 6) is -3.72. The maximum absolute atomic E-state index is 10.4. The Bertz CT molecular complexity index is 1020. The molecule has 230 valence electrons. The fourth-order valence-corrected chi connectivity index (χ4v) is 2.56. The number of benzene rings is 2. The zero-order valence-electron chi connectivity index (χ0n) is 23.0. The summed E-state index contributed by atoms with van der Waals surface area (Å²) in [6.07, 6.45) is 2.82. The van der Waals surface area contributed by atoms with Gasteiger partial charge in [-0.25, -0.2) is 0 Å². The van der Waals surface area contributed by atoms with Gasteiger partial charge in [0.15, 0.2) is 0 Å². The lowest BCUT2D eigenvalue weighted by Gasteiger charge is -2.05. The van der Waals surface area contributed by atoms with Crippen molar-refractivity contribution in [1.82, 2.24) is 0 Å². The molecular formula is C27H43N5O9. The van der Waals surface area contributed by atoms with E-state index in [1.807, 2.05) is 30.3 Å². The van der Waals surface area contributed by atoms with Crippen LogP contribution >= 0.6 is 0 Å². The number of unbranched alkanes of at least 4 members (excludes halogenated alkanes) is 1. The van der Waals surface area contributed by atoms with Crippen molar-refractivity contribution >= 4 is 23.9 Å². The molecule has 0 radical (unpaired) electrons. The summed E-state index contributed by atoms with van der Waals surface area (Å²) in [4.78, 5) is 40.5.